The average Bonchev–Trinajstić information content (AvgIpc) is 2.89. The molecule has 1 aromatic rings. The predicted octanol–water partition coefficient (Wildman–Crippen LogP) is 1.30. The van der Waals surface area contributed by atoms with E-state index in [2.05, 4.69) is 15.1 Å². The Bertz CT molecular complexity index is 287. The van der Waals surface area contributed by atoms with E-state index in [9.17, 15) is 0 Å². The van der Waals surface area contributed by atoms with Gasteiger partial charge in [-0.3, -0.25) is 5.10 Å². The molecule has 0 unspecified atom stereocenters. The van der Waals surface area contributed by atoms with Gasteiger partial charge in [0.25, 0.3) is 0 Å². The maximum atomic E-state index is 5.15. The summed E-state index contributed by atoms with van der Waals surface area (Å²) in [6.07, 6.45) is 2.15. The summed E-state index contributed by atoms with van der Waals surface area (Å²) in [6, 6.07) is 1.99. The molecule has 15 heavy (non-hydrogen) atoms. The van der Waals surface area contributed by atoms with Crippen molar-refractivity contribution in [2.75, 3.05) is 32.2 Å². The number of ether oxygens (including phenoxy) is 2. The summed E-state index contributed by atoms with van der Waals surface area (Å²) in [6.45, 7) is 2.18. The third-order valence-electron chi connectivity index (χ3n) is 2.70. The van der Waals surface area contributed by atoms with Crippen LogP contribution in [0.25, 0.3) is 0 Å². The summed E-state index contributed by atoms with van der Waals surface area (Å²) >= 11 is 0. The van der Waals surface area contributed by atoms with Gasteiger partial charge in [-0.05, 0) is 12.8 Å². The summed E-state index contributed by atoms with van der Waals surface area (Å²) in [7, 11) is 3.23. The second-order valence-corrected chi connectivity index (χ2v) is 3.68. The van der Waals surface area contributed by atoms with E-state index in [1.165, 1.54) is 12.8 Å². The van der Waals surface area contributed by atoms with E-state index >= 15 is 0 Å². The van der Waals surface area contributed by atoms with Crippen LogP contribution in [0.15, 0.2) is 6.07 Å². The molecule has 1 aliphatic rings. The molecule has 2 heterocycles. The van der Waals surface area contributed by atoms with Gasteiger partial charge in [0.05, 0.1) is 5.69 Å². The quantitative estimate of drug-likeness (QED) is 0.763. The minimum absolute atomic E-state index is 0.353. The number of H-pyrrole nitrogens is 1. The van der Waals surface area contributed by atoms with Crippen molar-refractivity contribution >= 4 is 5.82 Å². The molecule has 5 nitrogen and oxygen atoms in total. The lowest BCUT2D eigenvalue weighted by atomic mass is 10.4. The molecule has 1 fully saturated rings. The van der Waals surface area contributed by atoms with Crippen molar-refractivity contribution in [1.29, 1.82) is 0 Å². The first-order valence-corrected chi connectivity index (χ1v) is 5.21. The Morgan fingerprint density at radius 3 is 2.60 bits per heavy atom. The van der Waals surface area contributed by atoms with Gasteiger partial charge in [0.2, 0.25) is 0 Å². The number of aromatic nitrogens is 2. The van der Waals surface area contributed by atoms with Gasteiger partial charge in [-0.2, -0.15) is 5.10 Å². The van der Waals surface area contributed by atoms with E-state index < -0.39 is 0 Å². The molecule has 0 atom stereocenters. The van der Waals surface area contributed by atoms with Crippen LogP contribution >= 0.6 is 0 Å². The van der Waals surface area contributed by atoms with Crippen LogP contribution in [0.3, 0.4) is 0 Å². The Labute approximate surface area is 89.4 Å². The molecular weight excluding hydrogens is 194 g/mol. The minimum Gasteiger partial charge on any atom is -0.355 e. The molecular formula is C10H17N3O2. The van der Waals surface area contributed by atoms with Gasteiger partial charge >= 0.3 is 0 Å². The zero-order valence-corrected chi connectivity index (χ0v) is 9.19. The van der Waals surface area contributed by atoms with Crippen molar-refractivity contribution in [3.8, 4) is 0 Å². The Morgan fingerprint density at radius 2 is 2.00 bits per heavy atom. The average molecular weight is 211 g/mol. The zero-order valence-electron chi connectivity index (χ0n) is 9.19. The number of aromatic amines is 1. The van der Waals surface area contributed by atoms with E-state index in [4.69, 9.17) is 9.47 Å². The lowest BCUT2D eigenvalue weighted by Gasteiger charge is -2.13. The Kier molecular flexibility index (Phi) is 3.23. The summed E-state index contributed by atoms with van der Waals surface area (Å²) in [5, 5.41) is 7.20. The van der Waals surface area contributed by atoms with Crippen LogP contribution in [-0.2, 0) is 9.47 Å². The molecule has 1 aliphatic heterocycles. The molecule has 0 saturated carbocycles. The Balaban J connectivity index is 2.08. The fourth-order valence-electron chi connectivity index (χ4n) is 1.90. The second-order valence-electron chi connectivity index (χ2n) is 3.68. The van der Waals surface area contributed by atoms with Crippen LogP contribution in [0.5, 0.6) is 0 Å². The fourth-order valence-corrected chi connectivity index (χ4v) is 1.90. The zero-order chi connectivity index (χ0) is 10.7. The normalized spacial score (nSPS) is 16.6. The van der Waals surface area contributed by atoms with Crippen molar-refractivity contribution in [3.05, 3.63) is 11.8 Å². The lowest BCUT2D eigenvalue weighted by Crippen LogP contribution is -2.17. The summed E-state index contributed by atoms with van der Waals surface area (Å²) in [4.78, 5) is 2.27. The highest BCUT2D eigenvalue weighted by Gasteiger charge is 2.18. The van der Waals surface area contributed by atoms with Gasteiger partial charge in [0.1, 0.15) is 0 Å². The molecule has 84 valence electrons. The van der Waals surface area contributed by atoms with Crippen molar-refractivity contribution in [3.63, 3.8) is 0 Å². The number of anilines is 1. The summed E-state index contributed by atoms with van der Waals surface area (Å²) < 4.78 is 10.3. The van der Waals surface area contributed by atoms with E-state index in [0.717, 1.165) is 24.6 Å². The first-order chi connectivity index (χ1) is 7.35. The molecule has 2 rings (SSSR count). The van der Waals surface area contributed by atoms with Gasteiger partial charge in [-0.15, -0.1) is 0 Å². The fraction of sp³-hybridized carbons (Fsp3) is 0.700. The number of methoxy groups -OCH3 is 2. The molecule has 1 aromatic heterocycles. The highest BCUT2D eigenvalue weighted by atomic mass is 16.7. The van der Waals surface area contributed by atoms with Crippen molar-refractivity contribution in [2.45, 2.75) is 19.1 Å². The van der Waals surface area contributed by atoms with Crippen LogP contribution in [0.4, 0.5) is 5.82 Å². The molecule has 0 aliphatic carbocycles. The maximum absolute atomic E-state index is 5.15. The molecule has 0 spiro atoms. The van der Waals surface area contributed by atoms with E-state index in [0.29, 0.717) is 0 Å². The van der Waals surface area contributed by atoms with E-state index in [-0.39, 0.29) is 6.29 Å². The predicted molar refractivity (Wildman–Crippen MR) is 56.8 cm³/mol. The van der Waals surface area contributed by atoms with Crippen LogP contribution < -0.4 is 4.90 Å². The molecule has 0 amide bonds. The Morgan fingerprint density at radius 1 is 1.33 bits per heavy atom. The van der Waals surface area contributed by atoms with Crippen molar-refractivity contribution < 1.29 is 9.47 Å². The standard InChI is InChI=1S/C10H17N3O2/c1-14-10(15-2)8-7-9(12-11-8)13-5-3-4-6-13/h7,10H,3-6H2,1-2H3,(H,11,12). The second kappa shape index (κ2) is 4.63. The van der Waals surface area contributed by atoms with Crippen LogP contribution in [0.1, 0.15) is 24.8 Å². The first kappa shape index (κ1) is 10.4. The highest BCUT2D eigenvalue weighted by Crippen LogP contribution is 2.22. The monoisotopic (exact) mass is 211 g/mol. The van der Waals surface area contributed by atoms with E-state index in [1.807, 2.05) is 6.07 Å². The van der Waals surface area contributed by atoms with Gasteiger partial charge in [0.15, 0.2) is 12.1 Å². The SMILES string of the molecule is COC(OC)c1cc(N2CCCC2)n[nH]1. The summed E-state index contributed by atoms with van der Waals surface area (Å²) in [5.41, 5.74) is 0.863. The topological polar surface area (TPSA) is 50.4 Å². The number of hydrogen-bond acceptors (Lipinski definition) is 4. The summed E-state index contributed by atoms with van der Waals surface area (Å²) in [5.74, 6) is 0.988. The smallest absolute Gasteiger partial charge is 0.200 e. The van der Waals surface area contributed by atoms with E-state index in [1.54, 1.807) is 14.2 Å². The Hall–Kier alpha value is -1.07. The van der Waals surface area contributed by atoms with Crippen molar-refractivity contribution in [2.24, 2.45) is 0 Å². The van der Waals surface area contributed by atoms with Gasteiger partial charge in [0, 0.05) is 33.4 Å². The maximum Gasteiger partial charge on any atom is 0.200 e. The minimum atomic E-state index is -0.353. The molecule has 1 N–H and O–H groups in total. The lowest BCUT2D eigenvalue weighted by molar-refractivity contribution is -0.108. The van der Waals surface area contributed by atoms with Crippen molar-refractivity contribution in [1.82, 2.24) is 10.2 Å². The molecule has 1 saturated heterocycles. The third-order valence-corrected chi connectivity index (χ3v) is 2.70. The number of nitrogens with one attached hydrogen (secondary N) is 1. The molecule has 0 aromatic carbocycles. The third kappa shape index (κ3) is 2.13. The number of rotatable bonds is 4. The largest absolute Gasteiger partial charge is 0.355 e. The number of nitrogens with zero attached hydrogens (tertiary/aromatic N) is 2. The van der Waals surface area contributed by atoms with Gasteiger partial charge in [-0.1, -0.05) is 0 Å². The molecule has 0 radical (unpaired) electrons. The van der Waals surface area contributed by atoms with Crippen LogP contribution in [0, 0.1) is 0 Å². The van der Waals surface area contributed by atoms with Crippen LogP contribution in [-0.4, -0.2) is 37.5 Å². The first-order valence-electron chi connectivity index (χ1n) is 5.21. The number of hydrogen-bond donors (Lipinski definition) is 1. The highest BCUT2D eigenvalue weighted by molar-refractivity contribution is 5.40. The van der Waals surface area contributed by atoms with Gasteiger partial charge in [-0.25, -0.2) is 0 Å². The van der Waals surface area contributed by atoms with Gasteiger partial charge < -0.3 is 14.4 Å². The molecule has 0 bridgehead atoms. The van der Waals surface area contributed by atoms with Crippen LogP contribution in [0.2, 0.25) is 0 Å². The molecule has 5 heteroatoms.